The van der Waals surface area contributed by atoms with Gasteiger partial charge in [0, 0.05) is 24.7 Å². The molecular formula is C21H24BrFN6O2. The third kappa shape index (κ3) is 5.12. The van der Waals surface area contributed by atoms with Crippen LogP contribution < -0.4 is 4.74 Å². The topological polar surface area (TPSA) is 88.9 Å². The fourth-order valence-electron chi connectivity index (χ4n) is 3.77. The molecule has 0 radical (unpaired) electrons. The lowest BCUT2D eigenvalue weighted by Crippen LogP contribution is -2.41. The molecule has 31 heavy (non-hydrogen) atoms. The molecule has 1 atom stereocenters. The molecule has 3 heterocycles. The highest BCUT2D eigenvalue weighted by Crippen LogP contribution is 2.26. The van der Waals surface area contributed by atoms with Gasteiger partial charge in [0.1, 0.15) is 22.2 Å². The van der Waals surface area contributed by atoms with Gasteiger partial charge in [-0.2, -0.15) is 5.10 Å². The van der Waals surface area contributed by atoms with E-state index in [2.05, 4.69) is 36.4 Å². The largest absolute Gasteiger partial charge is 0.494 e. The maximum atomic E-state index is 14.9. The summed E-state index contributed by atoms with van der Waals surface area (Å²) >= 11 is 3.25. The first kappa shape index (κ1) is 21.5. The number of piperidine rings is 1. The van der Waals surface area contributed by atoms with E-state index in [1.165, 1.54) is 0 Å². The summed E-state index contributed by atoms with van der Waals surface area (Å²) in [7, 11) is 0. The van der Waals surface area contributed by atoms with Crippen molar-refractivity contribution in [1.29, 1.82) is 0 Å². The van der Waals surface area contributed by atoms with Crippen LogP contribution in [0.15, 0.2) is 41.1 Å². The average Bonchev–Trinajstić information content (AvgIpc) is 3.43. The number of hydrogen-bond acceptors (Lipinski definition) is 5. The number of carbonyl (C=O) groups is 1. The number of amides is 1. The van der Waals surface area contributed by atoms with Gasteiger partial charge in [-0.05, 0) is 65.9 Å². The predicted molar refractivity (Wildman–Crippen MR) is 116 cm³/mol. The van der Waals surface area contributed by atoms with Gasteiger partial charge in [0.05, 0.1) is 19.3 Å². The average molecular weight is 491 g/mol. The van der Waals surface area contributed by atoms with Gasteiger partial charge in [0.2, 0.25) is 0 Å². The minimum atomic E-state index is -1.05. The predicted octanol–water partition coefficient (Wildman–Crippen LogP) is 3.72. The Balaban J connectivity index is 1.30. The maximum Gasteiger partial charge on any atom is 0.274 e. The fourth-order valence-corrected chi connectivity index (χ4v) is 4.08. The van der Waals surface area contributed by atoms with E-state index in [1.807, 2.05) is 31.2 Å². The first-order valence-electron chi connectivity index (χ1n) is 10.3. The molecule has 1 aliphatic rings. The number of ether oxygens (including phenoxy) is 1. The van der Waals surface area contributed by atoms with Crippen LogP contribution in [0.5, 0.6) is 5.75 Å². The van der Waals surface area contributed by atoms with Gasteiger partial charge in [0.15, 0.2) is 5.69 Å². The highest BCUT2D eigenvalue weighted by Gasteiger charge is 2.30. The van der Waals surface area contributed by atoms with Gasteiger partial charge in [-0.25, -0.2) is 9.07 Å². The third-order valence-electron chi connectivity index (χ3n) is 5.47. The summed E-state index contributed by atoms with van der Waals surface area (Å²) in [4.78, 5) is 14.2. The minimum Gasteiger partial charge on any atom is -0.494 e. The van der Waals surface area contributed by atoms with E-state index in [4.69, 9.17) is 4.74 Å². The van der Waals surface area contributed by atoms with Crippen LogP contribution >= 0.6 is 15.9 Å². The standard InChI is InChI=1S/C21H24BrFN6O2/c1-2-31-16-5-3-15(4-6-16)19-13-29(27-25-19)12-17(23)14-7-9-28(10-8-14)21(30)18-11-20(22)26-24-18/h3-6,11,13-14,17H,2,7-10,12H2,1H3,(H,24,26). The fraction of sp³-hybridized carbons (Fsp3) is 0.429. The zero-order valence-corrected chi connectivity index (χ0v) is 18.8. The Labute approximate surface area is 187 Å². The van der Waals surface area contributed by atoms with Gasteiger partial charge in [-0.15, -0.1) is 5.10 Å². The van der Waals surface area contributed by atoms with Crippen LogP contribution in [0.4, 0.5) is 4.39 Å². The van der Waals surface area contributed by atoms with Crippen molar-refractivity contribution in [2.45, 2.75) is 32.5 Å². The van der Waals surface area contributed by atoms with Crippen LogP contribution in [0.1, 0.15) is 30.3 Å². The first-order valence-corrected chi connectivity index (χ1v) is 11.1. The number of nitrogens with zero attached hydrogens (tertiary/aromatic N) is 5. The first-order chi connectivity index (χ1) is 15.0. The normalized spacial score (nSPS) is 15.8. The highest BCUT2D eigenvalue weighted by atomic mass is 79.9. The molecule has 0 aliphatic carbocycles. The molecule has 1 aliphatic heterocycles. The van der Waals surface area contributed by atoms with E-state index in [9.17, 15) is 9.18 Å². The van der Waals surface area contributed by atoms with Crippen LogP contribution in [-0.4, -0.2) is 61.9 Å². The molecule has 10 heteroatoms. The molecule has 0 saturated carbocycles. The molecule has 1 aromatic carbocycles. The number of nitrogens with one attached hydrogen (secondary N) is 1. The molecule has 1 N–H and O–H groups in total. The van der Waals surface area contributed by atoms with Crippen molar-refractivity contribution in [3.63, 3.8) is 0 Å². The quantitative estimate of drug-likeness (QED) is 0.545. The number of benzene rings is 1. The zero-order chi connectivity index (χ0) is 21.8. The summed E-state index contributed by atoms with van der Waals surface area (Å²) in [6.07, 6.45) is 1.93. The summed E-state index contributed by atoms with van der Waals surface area (Å²) in [6, 6.07) is 9.24. The van der Waals surface area contributed by atoms with Crippen molar-refractivity contribution >= 4 is 21.8 Å². The number of aromatic amines is 1. The number of carbonyl (C=O) groups excluding carboxylic acids is 1. The molecular weight excluding hydrogens is 467 g/mol. The van der Waals surface area contributed by atoms with Crippen molar-refractivity contribution in [2.24, 2.45) is 5.92 Å². The Morgan fingerprint density at radius 3 is 2.71 bits per heavy atom. The molecule has 1 fully saturated rings. The van der Waals surface area contributed by atoms with E-state index in [1.54, 1.807) is 21.8 Å². The smallest absolute Gasteiger partial charge is 0.274 e. The Morgan fingerprint density at radius 2 is 2.06 bits per heavy atom. The number of rotatable bonds is 7. The number of alkyl halides is 1. The van der Waals surface area contributed by atoms with Crippen LogP contribution in [0.3, 0.4) is 0 Å². The van der Waals surface area contributed by atoms with Gasteiger partial charge in [-0.3, -0.25) is 9.89 Å². The summed E-state index contributed by atoms with van der Waals surface area (Å²) in [5.74, 6) is 0.549. The van der Waals surface area contributed by atoms with Gasteiger partial charge >= 0.3 is 0 Å². The number of H-pyrrole nitrogens is 1. The third-order valence-corrected chi connectivity index (χ3v) is 5.87. The Kier molecular flexibility index (Phi) is 6.64. The molecule has 8 nitrogen and oxygen atoms in total. The Hall–Kier alpha value is -2.75. The molecule has 2 aromatic heterocycles. The van der Waals surface area contributed by atoms with E-state index >= 15 is 0 Å². The molecule has 4 rings (SSSR count). The van der Waals surface area contributed by atoms with Crippen LogP contribution in [0, 0.1) is 5.92 Å². The second kappa shape index (κ2) is 9.59. The summed E-state index contributed by atoms with van der Waals surface area (Å²) in [6.45, 7) is 3.73. The SMILES string of the molecule is CCOc1ccc(-c2cn(CC(F)C3CCN(C(=O)c4cc(Br)[nH]n4)CC3)nn2)cc1. The number of hydrogen-bond donors (Lipinski definition) is 1. The molecule has 1 saturated heterocycles. The van der Waals surface area contributed by atoms with Crippen molar-refractivity contribution in [2.75, 3.05) is 19.7 Å². The van der Waals surface area contributed by atoms with E-state index in [0.29, 0.717) is 48.5 Å². The number of aromatic nitrogens is 5. The number of likely N-dealkylation sites (tertiary alicyclic amines) is 1. The monoisotopic (exact) mass is 490 g/mol. The van der Waals surface area contributed by atoms with Crippen molar-refractivity contribution in [1.82, 2.24) is 30.1 Å². The second-order valence-electron chi connectivity index (χ2n) is 7.53. The van der Waals surface area contributed by atoms with Crippen LogP contribution in [0.2, 0.25) is 0 Å². The lowest BCUT2D eigenvalue weighted by molar-refractivity contribution is 0.0606. The molecule has 0 spiro atoms. The van der Waals surface area contributed by atoms with Crippen LogP contribution in [0.25, 0.3) is 11.3 Å². The second-order valence-corrected chi connectivity index (χ2v) is 8.38. The lowest BCUT2D eigenvalue weighted by atomic mass is 9.92. The minimum absolute atomic E-state index is 0.118. The summed E-state index contributed by atoms with van der Waals surface area (Å²) in [5.41, 5.74) is 1.97. The van der Waals surface area contributed by atoms with Crippen molar-refractivity contribution in [3.8, 4) is 17.0 Å². The van der Waals surface area contributed by atoms with Crippen molar-refractivity contribution in [3.05, 3.63) is 46.8 Å². The molecule has 164 valence electrons. The summed E-state index contributed by atoms with van der Waals surface area (Å²) < 4.78 is 22.6. The molecule has 0 bridgehead atoms. The Morgan fingerprint density at radius 1 is 1.32 bits per heavy atom. The van der Waals surface area contributed by atoms with Gasteiger partial charge < -0.3 is 9.64 Å². The van der Waals surface area contributed by atoms with E-state index in [0.717, 1.165) is 11.3 Å². The molecule has 1 unspecified atom stereocenters. The highest BCUT2D eigenvalue weighted by molar-refractivity contribution is 9.10. The van der Waals surface area contributed by atoms with E-state index < -0.39 is 6.17 Å². The van der Waals surface area contributed by atoms with Crippen LogP contribution in [-0.2, 0) is 6.54 Å². The van der Waals surface area contributed by atoms with Gasteiger partial charge in [-0.1, -0.05) is 5.21 Å². The Bertz CT molecular complexity index is 1010. The number of halogens is 2. The zero-order valence-electron chi connectivity index (χ0n) is 17.2. The van der Waals surface area contributed by atoms with Crippen molar-refractivity contribution < 1.29 is 13.9 Å². The van der Waals surface area contributed by atoms with Gasteiger partial charge in [0.25, 0.3) is 5.91 Å². The maximum absolute atomic E-state index is 14.9. The summed E-state index contributed by atoms with van der Waals surface area (Å²) in [5, 5.41) is 14.9. The lowest BCUT2D eigenvalue weighted by Gasteiger charge is -2.33. The molecule has 3 aromatic rings. The van der Waals surface area contributed by atoms with E-state index in [-0.39, 0.29) is 18.4 Å². The molecule has 1 amide bonds.